The Morgan fingerprint density at radius 3 is 2.56 bits per heavy atom. The summed E-state index contributed by atoms with van der Waals surface area (Å²) in [5, 5.41) is 4.23. The molecule has 2 aromatic carbocycles. The summed E-state index contributed by atoms with van der Waals surface area (Å²) >= 11 is 11.9. The number of hydrogen-bond donors (Lipinski definition) is 1. The van der Waals surface area contributed by atoms with Crippen molar-refractivity contribution < 1.29 is 4.39 Å². The summed E-state index contributed by atoms with van der Waals surface area (Å²) in [5.41, 5.74) is 3.85. The summed E-state index contributed by atoms with van der Waals surface area (Å²) in [4.78, 5) is 6.78. The van der Waals surface area contributed by atoms with Gasteiger partial charge in [0.25, 0.3) is 0 Å². The Bertz CT molecular complexity index is 1250. The molecular weight excluding hydrogens is 443 g/mol. The lowest BCUT2D eigenvalue weighted by Crippen LogP contribution is -2.30. The fourth-order valence-corrected chi connectivity index (χ4v) is 4.66. The average molecular weight is 463 g/mol. The molecule has 4 aromatic rings. The van der Waals surface area contributed by atoms with Crippen LogP contribution in [0.2, 0.25) is 5.02 Å². The quantitative estimate of drug-likeness (QED) is 0.378. The van der Waals surface area contributed by atoms with E-state index in [2.05, 4.69) is 33.4 Å². The van der Waals surface area contributed by atoms with Gasteiger partial charge in [0, 0.05) is 30.3 Å². The predicted molar refractivity (Wildman–Crippen MR) is 128 cm³/mol. The van der Waals surface area contributed by atoms with Crippen molar-refractivity contribution in [2.24, 2.45) is 0 Å². The van der Waals surface area contributed by atoms with Crippen LogP contribution >= 0.6 is 23.8 Å². The minimum Gasteiger partial charge on any atom is -0.352 e. The van der Waals surface area contributed by atoms with Gasteiger partial charge >= 0.3 is 0 Å². The molecule has 0 radical (unpaired) electrons. The maximum Gasteiger partial charge on any atom is 0.170 e. The van der Waals surface area contributed by atoms with Gasteiger partial charge in [-0.2, -0.15) is 0 Å². The van der Waals surface area contributed by atoms with E-state index in [9.17, 15) is 4.39 Å². The van der Waals surface area contributed by atoms with Crippen LogP contribution in [0, 0.1) is 5.82 Å². The van der Waals surface area contributed by atoms with Crippen LogP contribution in [0.4, 0.5) is 4.39 Å². The highest BCUT2D eigenvalue weighted by molar-refractivity contribution is 7.80. The van der Waals surface area contributed by atoms with Crippen molar-refractivity contribution in [2.75, 3.05) is 0 Å². The van der Waals surface area contributed by atoms with Crippen LogP contribution in [0.15, 0.2) is 91.3 Å². The Labute approximate surface area is 196 Å². The van der Waals surface area contributed by atoms with E-state index in [4.69, 9.17) is 23.8 Å². The SMILES string of the molecule is Fc1ccc(-n2cccc2[C@@H]2[C@H](c3ccccn3)NC(=S)N2Cc2ccccc2)cc1Cl. The topological polar surface area (TPSA) is 33.1 Å². The monoisotopic (exact) mass is 462 g/mol. The standard InChI is InChI=1S/C25H20ClFN4S/c26-19-15-18(11-12-20(19)27)30-14-6-10-22(30)24-23(21-9-4-5-13-28-21)29-25(32)31(24)16-17-7-2-1-3-8-17/h1-15,23-24H,16H2,(H,29,32)/t23-,24+/m0/s1. The largest absolute Gasteiger partial charge is 0.352 e. The van der Waals surface area contributed by atoms with Crippen LogP contribution < -0.4 is 5.32 Å². The minimum atomic E-state index is -0.440. The van der Waals surface area contributed by atoms with E-state index < -0.39 is 5.82 Å². The summed E-state index contributed by atoms with van der Waals surface area (Å²) in [6.45, 7) is 0.649. The highest BCUT2D eigenvalue weighted by atomic mass is 35.5. The molecule has 160 valence electrons. The summed E-state index contributed by atoms with van der Waals surface area (Å²) in [6.07, 6.45) is 3.74. The third kappa shape index (κ3) is 3.87. The molecular formula is C25H20ClFN4S. The Balaban J connectivity index is 1.61. The molecule has 4 nitrogen and oxygen atoms in total. The Morgan fingerprint density at radius 1 is 1.00 bits per heavy atom. The van der Waals surface area contributed by atoms with Crippen LogP contribution in [0.1, 0.15) is 29.0 Å². The van der Waals surface area contributed by atoms with Gasteiger partial charge in [-0.05, 0) is 60.2 Å². The first-order chi connectivity index (χ1) is 15.6. The number of nitrogens with one attached hydrogen (secondary N) is 1. The number of hydrogen-bond acceptors (Lipinski definition) is 2. The third-order valence-corrected chi connectivity index (χ3v) is 6.30. The summed E-state index contributed by atoms with van der Waals surface area (Å²) in [7, 11) is 0. The summed E-state index contributed by atoms with van der Waals surface area (Å²) < 4.78 is 15.8. The number of aromatic nitrogens is 2. The van der Waals surface area contributed by atoms with Gasteiger partial charge in [0.05, 0.1) is 22.8 Å². The van der Waals surface area contributed by atoms with Crippen LogP contribution in [0.3, 0.4) is 0 Å². The van der Waals surface area contributed by atoms with Gasteiger partial charge in [-0.3, -0.25) is 4.98 Å². The zero-order chi connectivity index (χ0) is 22.1. The van der Waals surface area contributed by atoms with E-state index >= 15 is 0 Å². The fourth-order valence-electron chi connectivity index (χ4n) is 4.18. The average Bonchev–Trinajstić information content (AvgIpc) is 3.42. The van der Waals surface area contributed by atoms with E-state index in [1.807, 2.05) is 53.2 Å². The zero-order valence-corrected chi connectivity index (χ0v) is 18.6. The highest BCUT2D eigenvalue weighted by Gasteiger charge is 2.41. The lowest BCUT2D eigenvalue weighted by Gasteiger charge is -2.29. The van der Waals surface area contributed by atoms with Crippen molar-refractivity contribution in [1.29, 1.82) is 0 Å². The maximum absolute atomic E-state index is 13.8. The minimum absolute atomic E-state index is 0.0876. The Kier molecular flexibility index (Phi) is 5.64. The van der Waals surface area contributed by atoms with Crippen molar-refractivity contribution in [3.05, 3.63) is 119 Å². The first-order valence-corrected chi connectivity index (χ1v) is 11.0. The van der Waals surface area contributed by atoms with Crippen molar-refractivity contribution in [3.63, 3.8) is 0 Å². The van der Waals surface area contributed by atoms with E-state index in [0.29, 0.717) is 11.7 Å². The van der Waals surface area contributed by atoms with Crippen molar-refractivity contribution >= 4 is 28.9 Å². The summed E-state index contributed by atoms with van der Waals surface area (Å²) in [5.74, 6) is -0.440. The van der Waals surface area contributed by atoms with Gasteiger partial charge in [-0.25, -0.2) is 4.39 Å². The molecule has 1 saturated heterocycles. The molecule has 0 amide bonds. The molecule has 0 aliphatic carbocycles. The van der Waals surface area contributed by atoms with Gasteiger partial charge in [-0.15, -0.1) is 0 Å². The van der Waals surface area contributed by atoms with Crippen molar-refractivity contribution in [2.45, 2.75) is 18.6 Å². The molecule has 7 heteroatoms. The van der Waals surface area contributed by atoms with Crippen molar-refractivity contribution in [3.8, 4) is 5.69 Å². The number of pyridine rings is 1. The Hall–Kier alpha value is -3.22. The van der Waals surface area contributed by atoms with Crippen LogP contribution in [-0.2, 0) is 6.54 Å². The van der Waals surface area contributed by atoms with Gasteiger partial charge in [-0.1, -0.05) is 48.0 Å². The molecule has 1 N–H and O–H groups in total. The second-order valence-corrected chi connectivity index (χ2v) is 8.44. The predicted octanol–water partition coefficient (Wildman–Crippen LogP) is 5.84. The first kappa shape index (κ1) is 20.7. The van der Waals surface area contributed by atoms with Crippen molar-refractivity contribution in [1.82, 2.24) is 19.8 Å². The molecule has 1 aliphatic heterocycles. The van der Waals surface area contributed by atoms with Gasteiger partial charge in [0.2, 0.25) is 0 Å². The molecule has 2 atom stereocenters. The lowest BCUT2D eigenvalue weighted by atomic mass is 10.0. The Morgan fingerprint density at radius 2 is 1.81 bits per heavy atom. The van der Waals surface area contributed by atoms with Gasteiger partial charge < -0.3 is 14.8 Å². The van der Waals surface area contributed by atoms with Gasteiger partial charge in [0.15, 0.2) is 5.11 Å². The van der Waals surface area contributed by atoms with E-state index in [0.717, 1.165) is 22.6 Å². The van der Waals surface area contributed by atoms with Crippen LogP contribution in [0.25, 0.3) is 5.69 Å². The number of rotatable bonds is 5. The molecule has 32 heavy (non-hydrogen) atoms. The molecule has 0 bridgehead atoms. The summed E-state index contributed by atoms with van der Waals surface area (Å²) in [6, 6.07) is 24.6. The van der Waals surface area contributed by atoms with Crippen LogP contribution in [0.5, 0.6) is 0 Å². The molecule has 1 fully saturated rings. The first-order valence-electron chi connectivity index (χ1n) is 10.3. The molecule has 2 aromatic heterocycles. The molecule has 0 spiro atoms. The molecule has 1 aliphatic rings. The number of halogens is 2. The number of nitrogens with zero attached hydrogens (tertiary/aromatic N) is 3. The zero-order valence-electron chi connectivity index (χ0n) is 17.0. The normalized spacial score (nSPS) is 18.1. The second kappa shape index (κ2) is 8.73. The van der Waals surface area contributed by atoms with E-state index in [1.165, 1.54) is 6.07 Å². The molecule has 5 rings (SSSR count). The third-order valence-electron chi connectivity index (χ3n) is 5.66. The van der Waals surface area contributed by atoms with Crippen LogP contribution in [-0.4, -0.2) is 19.6 Å². The number of thiocarbonyl (C=S) groups is 1. The van der Waals surface area contributed by atoms with E-state index in [-0.39, 0.29) is 17.1 Å². The smallest absolute Gasteiger partial charge is 0.170 e. The fraction of sp³-hybridized carbons (Fsp3) is 0.120. The van der Waals surface area contributed by atoms with E-state index in [1.54, 1.807) is 18.3 Å². The second-order valence-electron chi connectivity index (χ2n) is 7.64. The molecule has 0 saturated carbocycles. The maximum atomic E-state index is 13.8. The van der Waals surface area contributed by atoms with Gasteiger partial charge in [0.1, 0.15) is 5.82 Å². The highest BCUT2D eigenvalue weighted by Crippen LogP contribution is 2.40. The lowest BCUT2D eigenvalue weighted by molar-refractivity contribution is 0.302. The number of benzene rings is 2. The molecule has 0 unspecified atom stereocenters. The molecule has 3 heterocycles.